The van der Waals surface area contributed by atoms with E-state index < -0.39 is 0 Å². The molecule has 1 aromatic carbocycles. The van der Waals surface area contributed by atoms with E-state index in [1.807, 2.05) is 13.1 Å². The summed E-state index contributed by atoms with van der Waals surface area (Å²) in [7, 11) is 1.98. The van der Waals surface area contributed by atoms with Crippen LogP contribution in [0.2, 0.25) is 0 Å². The van der Waals surface area contributed by atoms with E-state index in [9.17, 15) is 0 Å². The van der Waals surface area contributed by atoms with E-state index in [0.29, 0.717) is 6.04 Å². The number of hydrogen-bond acceptors (Lipinski definition) is 3. The van der Waals surface area contributed by atoms with Crippen molar-refractivity contribution >= 4 is 18.0 Å². The van der Waals surface area contributed by atoms with E-state index >= 15 is 0 Å². The third-order valence-corrected chi connectivity index (χ3v) is 3.86. The monoisotopic (exact) mass is 246 g/mol. The lowest BCUT2D eigenvalue weighted by Crippen LogP contribution is -2.30. The van der Waals surface area contributed by atoms with E-state index in [4.69, 9.17) is 0 Å². The van der Waals surface area contributed by atoms with Crippen molar-refractivity contribution in [1.82, 2.24) is 10.0 Å². The second-order valence-electron chi connectivity index (χ2n) is 4.03. The molecule has 1 heterocycles. The average Bonchev–Trinajstić information content (AvgIpc) is 2.55. The summed E-state index contributed by atoms with van der Waals surface area (Å²) in [6.07, 6.45) is 6.29. The Balaban J connectivity index is 2.24. The fraction of sp³-hybridized carbons (Fsp3) is 0.286. The van der Waals surface area contributed by atoms with Gasteiger partial charge in [-0.15, -0.1) is 6.58 Å². The molecule has 0 fully saturated rings. The van der Waals surface area contributed by atoms with Crippen LogP contribution in [0, 0.1) is 0 Å². The highest BCUT2D eigenvalue weighted by Gasteiger charge is 2.17. The Morgan fingerprint density at radius 2 is 2.29 bits per heavy atom. The van der Waals surface area contributed by atoms with Crippen LogP contribution in [0.25, 0.3) is 6.08 Å². The van der Waals surface area contributed by atoms with Gasteiger partial charge >= 0.3 is 0 Å². The van der Waals surface area contributed by atoms with Gasteiger partial charge in [-0.1, -0.05) is 24.3 Å². The molecule has 1 aromatic rings. The van der Waals surface area contributed by atoms with Gasteiger partial charge in [0.1, 0.15) is 0 Å². The second kappa shape index (κ2) is 5.94. The topological polar surface area (TPSA) is 24.1 Å². The summed E-state index contributed by atoms with van der Waals surface area (Å²) in [6.45, 7) is 3.78. The minimum absolute atomic E-state index is 0.357. The zero-order chi connectivity index (χ0) is 12.1. The number of fused-ring (bicyclic) bond motifs is 1. The Kier molecular flexibility index (Phi) is 4.29. The first-order chi connectivity index (χ1) is 8.35. The molecule has 2 rings (SSSR count). The first-order valence-electron chi connectivity index (χ1n) is 5.87. The standard InChI is InChI=1S/C14H18N2S/c1-3-4-8-12-13(15-2)10-11-7-5-6-9-14(11)17-16-12/h3,5-7,9-10,12,15-16H,1,4,8H2,2H3. The van der Waals surface area contributed by atoms with Gasteiger partial charge in [-0.05, 0) is 42.5 Å². The van der Waals surface area contributed by atoms with Crippen molar-refractivity contribution in [2.45, 2.75) is 23.8 Å². The predicted molar refractivity (Wildman–Crippen MR) is 75.7 cm³/mol. The first kappa shape index (κ1) is 12.3. The van der Waals surface area contributed by atoms with Crippen molar-refractivity contribution in [2.24, 2.45) is 0 Å². The van der Waals surface area contributed by atoms with Crippen LogP contribution in [0.1, 0.15) is 18.4 Å². The third kappa shape index (κ3) is 2.93. The highest BCUT2D eigenvalue weighted by molar-refractivity contribution is 7.97. The van der Waals surface area contributed by atoms with Gasteiger partial charge in [-0.2, -0.15) is 0 Å². The predicted octanol–water partition coefficient (Wildman–Crippen LogP) is 3.19. The van der Waals surface area contributed by atoms with Crippen molar-refractivity contribution in [3.05, 3.63) is 48.2 Å². The van der Waals surface area contributed by atoms with Crippen LogP contribution in [-0.2, 0) is 0 Å². The van der Waals surface area contributed by atoms with Gasteiger partial charge in [0.25, 0.3) is 0 Å². The molecule has 1 aliphatic heterocycles. The largest absolute Gasteiger partial charge is 0.390 e. The number of hydrogen-bond donors (Lipinski definition) is 2. The molecule has 0 saturated heterocycles. The van der Waals surface area contributed by atoms with E-state index in [1.165, 1.54) is 16.2 Å². The fourth-order valence-electron chi connectivity index (χ4n) is 1.90. The maximum Gasteiger partial charge on any atom is 0.0574 e. The zero-order valence-electron chi connectivity index (χ0n) is 10.1. The molecule has 1 aliphatic rings. The third-order valence-electron chi connectivity index (χ3n) is 2.86. The highest BCUT2D eigenvalue weighted by Crippen LogP contribution is 2.28. The minimum Gasteiger partial charge on any atom is -0.390 e. The molecule has 3 heteroatoms. The maximum atomic E-state index is 3.78. The number of benzene rings is 1. The summed E-state index contributed by atoms with van der Waals surface area (Å²) >= 11 is 1.71. The zero-order valence-corrected chi connectivity index (χ0v) is 10.9. The Morgan fingerprint density at radius 3 is 3.06 bits per heavy atom. The van der Waals surface area contributed by atoms with Crippen LogP contribution in [0.3, 0.4) is 0 Å². The Bertz CT molecular complexity index is 426. The fourth-order valence-corrected chi connectivity index (χ4v) is 2.81. The molecule has 17 heavy (non-hydrogen) atoms. The molecule has 0 spiro atoms. The van der Waals surface area contributed by atoms with E-state index in [1.54, 1.807) is 11.9 Å². The quantitative estimate of drug-likeness (QED) is 0.630. The summed E-state index contributed by atoms with van der Waals surface area (Å²) in [5.74, 6) is 0. The Labute approximate surface area is 107 Å². The molecule has 2 N–H and O–H groups in total. The molecule has 0 amide bonds. The smallest absolute Gasteiger partial charge is 0.0574 e. The number of nitrogens with one attached hydrogen (secondary N) is 2. The van der Waals surface area contributed by atoms with Crippen LogP contribution in [0.5, 0.6) is 0 Å². The Hall–Kier alpha value is -1.19. The summed E-state index contributed by atoms with van der Waals surface area (Å²) in [5.41, 5.74) is 2.51. The number of allylic oxidation sites excluding steroid dienone is 1. The van der Waals surface area contributed by atoms with E-state index in [-0.39, 0.29) is 0 Å². The van der Waals surface area contributed by atoms with Crippen LogP contribution < -0.4 is 10.0 Å². The van der Waals surface area contributed by atoms with E-state index in [0.717, 1.165) is 12.8 Å². The molecule has 0 saturated carbocycles. The van der Waals surface area contributed by atoms with Gasteiger partial charge in [0.05, 0.1) is 6.04 Å². The second-order valence-corrected chi connectivity index (χ2v) is 4.91. The van der Waals surface area contributed by atoms with Crippen molar-refractivity contribution in [1.29, 1.82) is 0 Å². The van der Waals surface area contributed by atoms with Crippen LogP contribution in [0.4, 0.5) is 0 Å². The average molecular weight is 246 g/mol. The molecule has 90 valence electrons. The van der Waals surface area contributed by atoms with Gasteiger partial charge in [0.15, 0.2) is 0 Å². The van der Waals surface area contributed by atoms with Crippen molar-refractivity contribution in [2.75, 3.05) is 7.05 Å². The lowest BCUT2D eigenvalue weighted by atomic mass is 10.1. The molecular weight excluding hydrogens is 228 g/mol. The number of rotatable bonds is 4. The van der Waals surface area contributed by atoms with Gasteiger partial charge in [0.2, 0.25) is 0 Å². The maximum absolute atomic E-state index is 3.78. The molecule has 0 radical (unpaired) electrons. The van der Waals surface area contributed by atoms with Crippen molar-refractivity contribution in [3.63, 3.8) is 0 Å². The van der Waals surface area contributed by atoms with Gasteiger partial charge < -0.3 is 5.32 Å². The summed E-state index contributed by atoms with van der Waals surface area (Å²) in [6, 6.07) is 8.80. The van der Waals surface area contributed by atoms with Crippen LogP contribution >= 0.6 is 11.9 Å². The van der Waals surface area contributed by atoms with Crippen molar-refractivity contribution < 1.29 is 0 Å². The SMILES string of the molecule is C=CCCC1NSc2ccccc2C=C1NC. The first-order valence-corrected chi connectivity index (χ1v) is 6.68. The molecule has 0 aromatic heterocycles. The molecule has 1 unspecified atom stereocenters. The molecule has 2 nitrogen and oxygen atoms in total. The van der Waals surface area contributed by atoms with Gasteiger partial charge in [0, 0.05) is 17.6 Å². The van der Waals surface area contributed by atoms with E-state index in [2.05, 4.69) is 47.0 Å². The normalized spacial score (nSPS) is 18.9. The molecule has 1 atom stereocenters. The summed E-state index contributed by atoms with van der Waals surface area (Å²) < 4.78 is 3.51. The lowest BCUT2D eigenvalue weighted by Gasteiger charge is -2.18. The molecular formula is C14H18N2S. The lowest BCUT2D eigenvalue weighted by molar-refractivity contribution is 0.631. The van der Waals surface area contributed by atoms with Gasteiger partial charge in [-0.3, -0.25) is 4.72 Å². The molecule has 0 bridgehead atoms. The van der Waals surface area contributed by atoms with Crippen LogP contribution in [-0.4, -0.2) is 13.1 Å². The molecule has 0 aliphatic carbocycles. The summed E-state index contributed by atoms with van der Waals surface area (Å²) in [4.78, 5) is 1.28. The Morgan fingerprint density at radius 1 is 1.47 bits per heavy atom. The minimum atomic E-state index is 0.357. The number of likely N-dealkylation sites (N-methyl/N-ethyl adjacent to an activating group) is 1. The van der Waals surface area contributed by atoms with Crippen molar-refractivity contribution in [3.8, 4) is 0 Å². The van der Waals surface area contributed by atoms with Crippen LogP contribution in [0.15, 0.2) is 47.5 Å². The summed E-state index contributed by atoms with van der Waals surface area (Å²) in [5, 5.41) is 3.29. The van der Waals surface area contributed by atoms with Gasteiger partial charge in [-0.25, -0.2) is 0 Å². The highest BCUT2D eigenvalue weighted by atomic mass is 32.2.